The van der Waals surface area contributed by atoms with E-state index in [1.165, 1.54) is 64.2 Å². The molecule has 3 atom stereocenters. The van der Waals surface area contributed by atoms with E-state index in [0.717, 1.165) is 36.7 Å². The van der Waals surface area contributed by atoms with Crippen LogP contribution in [0, 0.1) is 0 Å². The number of allylic oxidation sites excluding steroid dienone is 2. The smallest absolute Gasteiger partial charge is 0.335 e. The van der Waals surface area contributed by atoms with Gasteiger partial charge in [0.05, 0.1) is 40.0 Å². The number of nitrogens with zero attached hydrogens (tertiary/aromatic N) is 1. The maximum atomic E-state index is 12.8. The molecule has 0 saturated carbocycles. The second-order valence-corrected chi connectivity index (χ2v) is 13.7. The van der Waals surface area contributed by atoms with E-state index in [-0.39, 0.29) is 6.42 Å². The third-order valence-electron chi connectivity index (χ3n) is 6.97. The van der Waals surface area contributed by atoms with Crippen LogP contribution >= 0.6 is 7.60 Å². The van der Waals surface area contributed by atoms with E-state index >= 15 is 0 Å². The van der Waals surface area contributed by atoms with Crippen LogP contribution in [0.15, 0.2) is 12.2 Å². The average Bonchev–Trinajstić information content (AvgIpc) is 2.80. The number of aliphatic hydroxyl groups excluding tert-OH is 1. The molecule has 0 aromatic carbocycles. The molecule has 0 amide bonds. The highest BCUT2D eigenvalue weighted by Gasteiger charge is 2.40. The fourth-order valence-corrected chi connectivity index (χ4v) is 5.98. The van der Waals surface area contributed by atoms with E-state index in [4.69, 9.17) is 4.52 Å². The van der Waals surface area contributed by atoms with Crippen LogP contribution in [0.5, 0.6) is 0 Å². The molecule has 36 heavy (non-hydrogen) atoms. The van der Waals surface area contributed by atoms with Crippen molar-refractivity contribution in [1.82, 2.24) is 0 Å². The predicted octanol–water partition coefficient (Wildman–Crippen LogP) is 7.56. The summed E-state index contributed by atoms with van der Waals surface area (Å²) in [6, 6.07) is 0. The maximum absolute atomic E-state index is 12.8. The van der Waals surface area contributed by atoms with E-state index < -0.39 is 25.6 Å². The molecule has 0 saturated heterocycles. The Morgan fingerprint density at radius 3 is 1.81 bits per heavy atom. The van der Waals surface area contributed by atoms with Gasteiger partial charge in [-0.2, -0.15) is 0 Å². The Morgan fingerprint density at radius 1 is 0.833 bits per heavy atom. The highest BCUT2D eigenvalue weighted by atomic mass is 31.2. The van der Waals surface area contributed by atoms with Crippen molar-refractivity contribution in [2.24, 2.45) is 0 Å². The van der Waals surface area contributed by atoms with Gasteiger partial charge in [0.1, 0.15) is 0 Å². The van der Waals surface area contributed by atoms with Crippen molar-refractivity contribution >= 4 is 7.60 Å². The standard InChI is InChI=1S/C29H60NO5P/c1-6-8-9-10-11-12-13-14-15-16-17-18-19-20-21-22-25-29(32,7-2)35-36(33,34)28(27-31)24-23-26-30(3,4)5/h14-15,28,31-32H,6-13,16-27H2,1-5H3/p+1/b15-14-. The summed E-state index contributed by atoms with van der Waals surface area (Å²) in [6.07, 6.45) is 23.3. The van der Waals surface area contributed by atoms with Gasteiger partial charge in [0.2, 0.25) is 0 Å². The molecule has 0 aliphatic rings. The lowest BCUT2D eigenvalue weighted by Crippen LogP contribution is -2.36. The van der Waals surface area contributed by atoms with Gasteiger partial charge in [-0.25, -0.2) is 0 Å². The lowest BCUT2D eigenvalue weighted by molar-refractivity contribution is -0.870. The lowest BCUT2D eigenvalue weighted by Gasteiger charge is -2.32. The summed E-state index contributed by atoms with van der Waals surface area (Å²) in [7, 11) is 2.06. The van der Waals surface area contributed by atoms with Crippen LogP contribution in [0.2, 0.25) is 0 Å². The van der Waals surface area contributed by atoms with E-state index in [2.05, 4.69) is 40.2 Å². The largest absolute Gasteiger partial charge is 0.395 e. The van der Waals surface area contributed by atoms with Gasteiger partial charge in [0.25, 0.3) is 0 Å². The first kappa shape index (κ1) is 35.8. The molecule has 0 rings (SSSR count). The Kier molecular flexibility index (Phi) is 20.6. The summed E-state index contributed by atoms with van der Waals surface area (Å²) in [6.45, 7) is 4.45. The van der Waals surface area contributed by atoms with Gasteiger partial charge in [-0.3, -0.25) is 9.09 Å². The molecule has 6 nitrogen and oxygen atoms in total. The fraction of sp³-hybridized carbons (Fsp3) is 0.931. The number of hydrogen-bond donors (Lipinski definition) is 3. The summed E-state index contributed by atoms with van der Waals surface area (Å²) in [5, 5.41) is 20.5. The molecule has 216 valence electrons. The molecule has 0 spiro atoms. The summed E-state index contributed by atoms with van der Waals surface area (Å²) < 4.78 is 19.0. The first-order valence-electron chi connectivity index (χ1n) is 14.8. The minimum absolute atomic E-state index is 0.250. The normalized spacial score (nSPS) is 16.8. The number of aliphatic hydroxyl groups is 2. The van der Waals surface area contributed by atoms with E-state index in [0.29, 0.717) is 19.3 Å². The van der Waals surface area contributed by atoms with Crippen LogP contribution < -0.4 is 0 Å². The summed E-state index contributed by atoms with van der Waals surface area (Å²) in [5.41, 5.74) is -0.859. The number of rotatable bonds is 25. The molecule has 0 aromatic heterocycles. The summed E-state index contributed by atoms with van der Waals surface area (Å²) in [4.78, 5) is 10.5. The number of unbranched alkanes of at least 4 members (excludes halogenated alkanes) is 12. The third kappa shape index (κ3) is 19.8. The molecule has 3 unspecified atom stereocenters. The zero-order chi connectivity index (χ0) is 27.3. The van der Waals surface area contributed by atoms with Crippen molar-refractivity contribution in [2.45, 2.75) is 141 Å². The summed E-state index contributed by atoms with van der Waals surface area (Å²) in [5.74, 6) is -1.61. The second-order valence-electron chi connectivity index (χ2n) is 11.6. The zero-order valence-electron chi connectivity index (χ0n) is 24.4. The van der Waals surface area contributed by atoms with E-state index in [9.17, 15) is 19.7 Å². The Balaban J connectivity index is 4.05. The molecule has 7 heteroatoms. The molecule has 0 fully saturated rings. The maximum Gasteiger partial charge on any atom is 0.335 e. The van der Waals surface area contributed by atoms with Crippen LogP contribution in [-0.4, -0.2) is 65.3 Å². The molecular weight excluding hydrogens is 473 g/mol. The topological polar surface area (TPSA) is 87.0 Å². The van der Waals surface area contributed by atoms with Gasteiger partial charge in [0.15, 0.2) is 5.79 Å². The van der Waals surface area contributed by atoms with Crippen molar-refractivity contribution < 1.29 is 28.7 Å². The highest BCUT2D eigenvalue weighted by Crippen LogP contribution is 2.53. The Labute approximate surface area is 223 Å². The Morgan fingerprint density at radius 2 is 1.33 bits per heavy atom. The molecule has 0 aliphatic carbocycles. The Bertz CT molecular complexity index is 593. The first-order chi connectivity index (χ1) is 17.0. The monoisotopic (exact) mass is 534 g/mol. The third-order valence-corrected chi connectivity index (χ3v) is 8.92. The minimum atomic E-state index is -4.13. The predicted molar refractivity (Wildman–Crippen MR) is 153 cm³/mol. The fourth-order valence-electron chi connectivity index (χ4n) is 4.41. The van der Waals surface area contributed by atoms with Crippen LogP contribution in [-0.2, 0) is 9.09 Å². The SMILES string of the molecule is CCCCCCCC/C=C\CCCCCCCCC(O)(CC)OP(=O)(O)C(CO)CCC[N+](C)(C)C. The highest BCUT2D eigenvalue weighted by molar-refractivity contribution is 7.53. The molecule has 0 bridgehead atoms. The average molecular weight is 535 g/mol. The van der Waals surface area contributed by atoms with E-state index in [1.54, 1.807) is 6.92 Å². The zero-order valence-corrected chi connectivity index (χ0v) is 25.3. The van der Waals surface area contributed by atoms with Gasteiger partial charge in [-0.05, 0) is 51.4 Å². The van der Waals surface area contributed by atoms with Crippen molar-refractivity contribution in [2.75, 3.05) is 34.3 Å². The van der Waals surface area contributed by atoms with Crippen molar-refractivity contribution in [3.8, 4) is 0 Å². The molecular formula is C29H61NO5P+. The van der Waals surface area contributed by atoms with Crippen LogP contribution in [0.25, 0.3) is 0 Å². The van der Waals surface area contributed by atoms with E-state index in [1.807, 2.05) is 0 Å². The Hall–Kier alpha value is -0.230. The molecule has 0 aromatic rings. The first-order valence-corrected chi connectivity index (χ1v) is 16.5. The molecule has 0 radical (unpaired) electrons. The van der Waals surface area contributed by atoms with Gasteiger partial charge in [-0.15, -0.1) is 0 Å². The van der Waals surface area contributed by atoms with Crippen LogP contribution in [0.3, 0.4) is 0 Å². The van der Waals surface area contributed by atoms with Gasteiger partial charge in [0, 0.05) is 6.42 Å². The van der Waals surface area contributed by atoms with Crippen molar-refractivity contribution in [3.63, 3.8) is 0 Å². The molecule has 3 N–H and O–H groups in total. The van der Waals surface area contributed by atoms with Gasteiger partial charge in [-0.1, -0.05) is 83.8 Å². The van der Waals surface area contributed by atoms with Crippen LogP contribution in [0.1, 0.15) is 129 Å². The minimum Gasteiger partial charge on any atom is -0.395 e. The quantitative estimate of drug-likeness (QED) is 0.0370. The van der Waals surface area contributed by atoms with Crippen molar-refractivity contribution in [1.29, 1.82) is 0 Å². The second kappa shape index (κ2) is 20.7. The lowest BCUT2D eigenvalue weighted by atomic mass is 10.0. The van der Waals surface area contributed by atoms with Gasteiger partial charge < -0.3 is 19.6 Å². The molecule has 0 aliphatic heterocycles. The van der Waals surface area contributed by atoms with Gasteiger partial charge >= 0.3 is 7.60 Å². The number of hydrogen-bond acceptors (Lipinski definition) is 4. The number of quaternary nitrogens is 1. The van der Waals surface area contributed by atoms with Crippen LogP contribution in [0.4, 0.5) is 0 Å². The molecule has 0 heterocycles. The summed E-state index contributed by atoms with van der Waals surface area (Å²) >= 11 is 0. The van der Waals surface area contributed by atoms with Crippen molar-refractivity contribution in [3.05, 3.63) is 12.2 Å².